The number of methoxy groups -OCH3 is 1. The van der Waals surface area contributed by atoms with Gasteiger partial charge in [-0.3, -0.25) is 9.69 Å². The number of morpholine rings is 1. The van der Waals surface area contributed by atoms with Crippen molar-refractivity contribution in [2.75, 3.05) is 40.0 Å². The standard InChI is InChI=1S/C24H32N2O4/c1-3-4-13-30-22-11-10-20(15-23(22)28-2)24(27)25-16-21-18-26(12-14-29-21)17-19-8-6-5-7-9-19/h5-11,15,21H,3-4,12-14,16-18H2,1-2H3,(H,25,27). The highest BCUT2D eigenvalue weighted by atomic mass is 16.5. The summed E-state index contributed by atoms with van der Waals surface area (Å²) in [4.78, 5) is 15.0. The number of ether oxygens (including phenoxy) is 3. The van der Waals surface area contributed by atoms with Crippen molar-refractivity contribution in [2.45, 2.75) is 32.4 Å². The van der Waals surface area contributed by atoms with Crippen LogP contribution in [0.3, 0.4) is 0 Å². The molecule has 0 radical (unpaired) electrons. The van der Waals surface area contributed by atoms with Crippen LogP contribution in [-0.4, -0.2) is 56.9 Å². The normalized spacial score (nSPS) is 16.8. The Bertz CT molecular complexity index is 797. The highest BCUT2D eigenvalue weighted by molar-refractivity contribution is 5.94. The average molecular weight is 413 g/mol. The van der Waals surface area contributed by atoms with Gasteiger partial charge in [0.05, 0.1) is 26.4 Å². The largest absolute Gasteiger partial charge is 0.493 e. The maximum Gasteiger partial charge on any atom is 0.251 e. The van der Waals surface area contributed by atoms with Gasteiger partial charge >= 0.3 is 0 Å². The number of unbranched alkanes of at least 4 members (excludes halogenated alkanes) is 1. The van der Waals surface area contributed by atoms with E-state index in [0.717, 1.165) is 32.5 Å². The summed E-state index contributed by atoms with van der Waals surface area (Å²) in [5.74, 6) is 1.09. The quantitative estimate of drug-likeness (QED) is 0.605. The highest BCUT2D eigenvalue weighted by Gasteiger charge is 2.21. The van der Waals surface area contributed by atoms with Gasteiger partial charge in [0, 0.05) is 31.7 Å². The second-order valence-corrected chi connectivity index (χ2v) is 7.49. The average Bonchev–Trinajstić information content (AvgIpc) is 2.78. The number of carbonyl (C=O) groups is 1. The minimum Gasteiger partial charge on any atom is -0.493 e. The summed E-state index contributed by atoms with van der Waals surface area (Å²) in [6.07, 6.45) is 2.02. The molecule has 1 saturated heterocycles. The lowest BCUT2D eigenvalue weighted by atomic mass is 10.1. The lowest BCUT2D eigenvalue weighted by molar-refractivity contribution is -0.0292. The molecule has 162 valence electrons. The van der Waals surface area contributed by atoms with Gasteiger partial charge < -0.3 is 19.5 Å². The third-order valence-electron chi connectivity index (χ3n) is 5.14. The van der Waals surface area contributed by atoms with Crippen molar-refractivity contribution in [3.05, 3.63) is 59.7 Å². The van der Waals surface area contributed by atoms with Gasteiger partial charge in [-0.15, -0.1) is 0 Å². The molecule has 0 aliphatic carbocycles. The summed E-state index contributed by atoms with van der Waals surface area (Å²) < 4.78 is 17.0. The van der Waals surface area contributed by atoms with Gasteiger partial charge in [-0.05, 0) is 30.2 Å². The Morgan fingerprint density at radius 1 is 1.20 bits per heavy atom. The van der Waals surface area contributed by atoms with Gasteiger partial charge in [0.1, 0.15) is 0 Å². The molecule has 1 N–H and O–H groups in total. The fraction of sp³-hybridized carbons (Fsp3) is 0.458. The van der Waals surface area contributed by atoms with Gasteiger partial charge in [0.15, 0.2) is 11.5 Å². The third kappa shape index (κ3) is 6.47. The molecule has 0 bridgehead atoms. The summed E-state index contributed by atoms with van der Waals surface area (Å²) in [5.41, 5.74) is 1.84. The molecule has 2 aromatic rings. The maximum atomic E-state index is 12.6. The first-order chi connectivity index (χ1) is 14.7. The van der Waals surface area contributed by atoms with Crippen molar-refractivity contribution >= 4 is 5.91 Å². The molecular weight excluding hydrogens is 380 g/mol. The minimum absolute atomic E-state index is 0.0232. The predicted octanol–water partition coefficient (Wildman–Crippen LogP) is 3.50. The number of amides is 1. The summed E-state index contributed by atoms with van der Waals surface area (Å²) in [6, 6.07) is 15.7. The van der Waals surface area contributed by atoms with Gasteiger partial charge in [0.2, 0.25) is 0 Å². The van der Waals surface area contributed by atoms with Crippen molar-refractivity contribution < 1.29 is 19.0 Å². The zero-order valence-electron chi connectivity index (χ0n) is 17.9. The van der Waals surface area contributed by atoms with Crippen LogP contribution in [0.4, 0.5) is 0 Å². The lowest BCUT2D eigenvalue weighted by Gasteiger charge is -2.33. The monoisotopic (exact) mass is 412 g/mol. The van der Waals surface area contributed by atoms with Crippen LogP contribution in [0, 0.1) is 0 Å². The molecular formula is C24H32N2O4. The topological polar surface area (TPSA) is 60.0 Å². The number of carbonyl (C=O) groups excluding carboxylic acids is 1. The van der Waals surface area contributed by atoms with E-state index in [4.69, 9.17) is 14.2 Å². The Morgan fingerprint density at radius 2 is 2.03 bits per heavy atom. The molecule has 1 fully saturated rings. The number of rotatable bonds is 10. The van der Waals surface area contributed by atoms with Crippen LogP contribution >= 0.6 is 0 Å². The van der Waals surface area contributed by atoms with Crippen LogP contribution in [0.1, 0.15) is 35.7 Å². The van der Waals surface area contributed by atoms with Crippen molar-refractivity contribution in [1.82, 2.24) is 10.2 Å². The van der Waals surface area contributed by atoms with Gasteiger partial charge in [-0.25, -0.2) is 0 Å². The molecule has 2 aromatic carbocycles. The minimum atomic E-state index is -0.141. The molecule has 0 aromatic heterocycles. The zero-order valence-corrected chi connectivity index (χ0v) is 17.9. The van der Waals surface area contributed by atoms with Crippen LogP contribution in [0.15, 0.2) is 48.5 Å². The van der Waals surface area contributed by atoms with Gasteiger partial charge in [0.25, 0.3) is 5.91 Å². The molecule has 3 rings (SSSR count). The van der Waals surface area contributed by atoms with E-state index < -0.39 is 0 Å². The van der Waals surface area contributed by atoms with E-state index in [0.29, 0.717) is 36.8 Å². The Kier molecular flexibility index (Phi) is 8.53. The third-order valence-corrected chi connectivity index (χ3v) is 5.14. The predicted molar refractivity (Wildman–Crippen MR) is 117 cm³/mol. The van der Waals surface area contributed by atoms with E-state index in [2.05, 4.69) is 41.4 Å². The first-order valence-corrected chi connectivity index (χ1v) is 10.7. The van der Waals surface area contributed by atoms with Crippen molar-refractivity contribution in [3.8, 4) is 11.5 Å². The second-order valence-electron chi connectivity index (χ2n) is 7.49. The van der Waals surface area contributed by atoms with Crippen molar-refractivity contribution in [1.29, 1.82) is 0 Å². The van der Waals surface area contributed by atoms with Crippen LogP contribution in [-0.2, 0) is 11.3 Å². The van der Waals surface area contributed by atoms with E-state index in [1.165, 1.54) is 5.56 Å². The highest BCUT2D eigenvalue weighted by Crippen LogP contribution is 2.28. The molecule has 1 heterocycles. The molecule has 1 atom stereocenters. The number of hydrogen-bond acceptors (Lipinski definition) is 5. The lowest BCUT2D eigenvalue weighted by Crippen LogP contribution is -2.47. The van der Waals surface area contributed by atoms with Crippen LogP contribution in [0.25, 0.3) is 0 Å². The van der Waals surface area contributed by atoms with E-state index in [1.807, 2.05) is 6.07 Å². The number of hydrogen-bond donors (Lipinski definition) is 1. The molecule has 0 saturated carbocycles. The summed E-state index contributed by atoms with van der Waals surface area (Å²) in [7, 11) is 1.58. The van der Waals surface area contributed by atoms with E-state index in [-0.39, 0.29) is 12.0 Å². The van der Waals surface area contributed by atoms with Crippen molar-refractivity contribution in [3.63, 3.8) is 0 Å². The second kappa shape index (κ2) is 11.6. The number of nitrogens with one attached hydrogen (secondary N) is 1. The van der Waals surface area contributed by atoms with Crippen LogP contribution in [0.2, 0.25) is 0 Å². The Balaban J connectivity index is 1.50. The molecule has 30 heavy (non-hydrogen) atoms. The fourth-order valence-electron chi connectivity index (χ4n) is 3.45. The summed E-state index contributed by atoms with van der Waals surface area (Å²) >= 11 is 0. The molecule has 1 unspecified atom stereocenters. The summed E-state index contributed by atoms with van der Waals surface area (Å²) in [6.45, 7) is 6.48. The Hall–Kier alpha value is -2.57. The SMILES string of the molecule is CCCCOc1ccc(C(=O)NCC2CN(Cc3ccccc3)CCO2)cc1OC. The first kappa shape index (κ1) is 22.1. The zero-order chi connectivity index (χ0) is 21.2. The molecule has 1 aliphatic rings. The Labute approximate surface area is 179 Å². The molecule has 0 spiro atoms. The van der Waals surface area contributed by atoms with Crippen LogP contribution in [0.5, 0.6) is 11.5 Å². The molecule has 6 nitrogen and oxygen atoms in total. The van der Waals surface area contributed by atoms with Gasteiger partial charge in [-0.2, -0.15) is 0 Å². The van der Waals surface area contributed by atoms with E-state index in [1.54, 1.807) is 25.3 Å². The van der Waals surface area contributed by atoms with Crippen molar-refractivity contribution in [2.24, 2.45) is 0 Å². The van der Waals surface area contributed by atoms with E-state index >= 15 is 0 Å². The number of nitrogens with zero attached hydrogens (tertiary/aromatic N) is 1. The molecule has 6 heteroatoms. The Morgan fingerprint density at radius 3 is 2.80 bits per heavy atom. The fourth-order valence-corrected chi connectivity index (χ4v) is 3.45. The summed E-state index contributed by atoms with van der Waals surface area (Å²) in [5, 5.41) is 2.99. The van der Waals surface area contributed by atoms with E-state index in [9.17, 15) is 4.79 Å². The smallest absolute Gasteiger partial charge is 0.251 e. The molecule has 1 amide bonds. The molecule has 1 aliphatic heterocycles. The van der Waals surface area contributed by atoms with Gasteiger partial charge in [-0.1, -0.05) is 43.7 Å². The number of benzene rings is 2. The first-order valence-electron chi connectivity index (χ1n) is 10.7. The maximum absolute atomic E-state index is 12.6. The van der Waals surface area contributed by atoms with Crippen LogP contribution < -0.4 is 14.8 Å².